The van der Waals surface area contributed by atoms with E-state index in [1.165, 1.54) is 6.21 Å². The number of nitrogens with zero attached hydrogens (tertiary/aromatic N) is 1. The zero-order chi connectivity index (χ0) is 21.0. The summed E-state index contributed by atoms with van der Waals surface area (Å²) in [4.78, 5) is 39.5. The zero-order valence-electron chi connectivity index (χ0n) is 13.7. The fraction of sp³-hybridized carbons (Fsp3) is 0.778. The first-order valence-electron chi connectivity index (χ1n) is 7.04. The van der Waals surface area contributed by atoms with Gasteiger partial charge in [-0.1, -0.05) is 19.1 Å². The number of aliphatic imine (C=N–C) groups is 1. The van der Waals surface area contributed by atoms with Gasteiger partial charge >= 0.3 is 23.5 Å². The summed E-state index contributed by atoms with van der Waals surface area (Å²) in [5.41, 5.74) is 5.31. The maximum absolute atomic E-state index is 11.6. The number of ether oxygens (including phenoxy) is 1. The number of phosphoric acid groups is 3. The van der Waals surface area contributed by atoms with Gasteiger partial charge in [0.2, 0.25) is 0 Å². The van der Waals surface area contributed by atoms with Crippen molar-refractivity contribution < 1.29 is 56.3 Å². The number of nitrogens with two attached hydrogens (primary N) is 1. The van der Waals surface area contributed by atoms with Crippen LogP contribution >= 0.6 is 35.7 Å². The molecule has 27 heavy (non-hydrogen) atoms. The summed E-state index contributed by atoms with van der Waals surface area (Å²) in [6.07, 6.45) is -1.59. The first-order chi connectivity index (χ1) is 12.1. The molecule has 0 aromatic rings. The predicted octanol–water partition coefficient (Wildman–Crippen LogP) is -0.201. The Kier molecular flexibility index (Phi) is 8.86. The van der Waals surface area contributed by atoms with Gasteiger partial charge in [-0.25, -0.2) is 13.7 Å². The van der Waals surface area contributed by atoms with Crippen molar-refractivity contribution in [1.82, 2.24) is 0 Å². The van der Waals surface area contributed by atoms with E-state index in [1.54, 1.807) is 6.92 Å². The van der Waals surface area contributed by atoms with Crippen LogP contribution in [0.3, 0.4) is 0 Å². The fourth-order valence-electron chi connectivity index (χ4n) is 1.92. The molecule has 0 bridgehead atoms. The van der Waals surface area contributed by atoms with Gasteiger partial charge in [-0.15, -0.1) is 0 Å². The van der Waals surface area contributed by atoms with Crippen LogP contribution in [0.5, 0.6) is 0 Å². The standard InChI is InChI=1S/C9H19N2O12P3S/c1-5-8(12)6(21-9(5)11-3-2-7(10)27)4-20-25(16,17)23-26(18,19)22-24(13,14)15/h3,5-6,8-9,12H,2,4H2,1H3,(H2,10,27)(H,16,17)(H,18,19)(H2,13,14,15). The van der Waals surface area contributed by atoms with Crippen LogP contribution in [-0.2, 0) is 31.6 Å². The van der Waals surface area contributed by atoms with E-state index in [1.807, 2.05) is 0 Å². The van der Waals surface area contributed by atoms with E-state index in [4.69, 9.17) is 25.2 Å². The predicted molar refractivity (Wildman–Crippen MR) is 93.5 cm³/mol. The van der Waals surface area contributed by atoms with E-state index in [9.17, 15) is 23.7 Å². The Labute approximate surface area is 158 Å². The lowest BCUT2D eigenvalue weighted by Gasteiger charge is -2.19. The molecular weight excluding hydrogens is 453 g/mol. The maximum atomic E-state index is 11.6. The van der Waals surface area contributed by atoms with Crippen LogP contribution in [0.1, 0.15) is 13.3 Å². The first-order valence-corrected chi connectivity index (χ1v) is 12.0. The second-order valence-electron chi connectivity index (χ2n) is 5.30. The molecule has 0 aliphatic carbocycles. The summed E-state index contributed by atoms with van der Waals surface area (Å²) in [5, 5.41) is 10.0. The highest BCUT2D eigenvalue weighted by Crippen LogP contribution is 2.66. The van der Waals surface area contributed by atoms with Gasteiger partial charge in [-0.3, -0.25) is 9.52 Å². The summed E-state index contributed by atoms with van der Waals surface area (Å²) in [6, 6.07) is 0. The number of thiocarbonyl (C=S) groups is 1. The van der Waals surface area contributed by atoms with Crippen molar-refractivity contribution >= 4 is 46.9 Å². The van der Waals surface area contributed by atoms with Crippen LogP contribution in [0.4, 0.5) is 0 Å². The van der Waals surface area contributed by atoms with Crippen LogP contribution in [0.2, 0.25) is 0 Å². The molecular formula is C9H19N2O12P3S. The third kappa shape index (κ3) is 9.29. The topological polar surface area (TPSA) is 228 Å². The largest absolute Gasteiger partial charge is 0.490 e. The summed E-state index contributed by atoms with van der Waals surface area (Å²) in [6.45, 7) is 0.814. The van der Waals surface area contributed by atoms with Crippen LogP contribution in [0.15, 0.2) is 4.99 Å². The van der Waals surface area contributed by atoms with Crippen molar-refractivity contribution in [1.29, 1.82) is 0 Å². The molecule has 158 valence electrons. The number of aliphatic hydroxyl groups is 1. The second kappa shape index (κ2) is 9.59. The molecule has 1 heterocycles. The monoisotopic (exact) mass is 472 g/mol. The quantitative estimate of drug-likeness (QED) is 0.137. The Morgan fingerprint density at radius 2 is 1.81 bits per heavy atom. The van der Waals surface area contributed by atoms with Gasteiger partial charge in [-0.2, -0.15) is 8.62 Å². The molecule has 6 unspecified atom stereocenters. The molecule has 1 fully saturated rings. The lowest BCUT2D eigenvalue weighted by atomic mass is 10.0. The summed E-state index contributed by atoms with van der Waals surface area (Å²) < 4.78 is 50.3. The number of aliphatic hydroxyl groups excluding tert-OH is 1. The first kappa shape index (κ1) is 24.9. The van der Waals surface area contributed by atoms with Crippen molar-refractivity contribution in [3.05, 3.63) is 0 Å². The van der Waals surface area contributed by atoms with Gasteiger partial charge in [-0.05, 0) is 0 Å². The van der Waals surface area contributed by atoms with Crippen molar-refractivity contribution in [2.24, 2.45) is 16.6 Å². The van der Waals surface area contributed by atoms with E-state index >= 15 is 0 Å². The molecule has 1 rings (SSSR count). The minimum absolute atomic E-state index is 0.189. The van der Waals surface area contributed by atoms with E-state index in [0.29, 0.717) is 0 Å². The van der Waals surface area contributed by atoms with Crippen LogP contribution < -0.4 is 5.73 Å². The minimum Gasteiger partial charge on any atom is -0.393 e. The van der Waals surface area contributed by atoms with Crippen molar-refractivity contribution in [3.63, 3.8) is 0 Å². The highest BCUT2D eigenvalue weighted by Gasteiger charge is 2.44. The highest BCUT2D eigenvalue weighted by atomic mass is 32.1. The second-order valence-corrected chi connectivity index (χ2v) is 10.2. The van der Waals surface area contributed by atoms with E-state index < -0.39 is 54.4 Å². The SMILES string of the molecule is CC1C(N=CCC(N)=S)OC(COP(=O)(O)OP(=O)(O)OP(=O)(O)O)C1O. The molecule has 1 aliphatic rings. The van der Waals surface area contributed by atoms with Gasteiger partial charge < -0.3 is 35.2 Å². The molecule has 6 atom stereocenters. The highest BCUT2D eigenvalue weighted by molar-refractivity contribution is 7.80. The lowest BCUT2D eigenvalue weighted by Crippen LogP contribution is -2.29. The Bertz CT molecular complexity index is 712. The molecule has 7 N–H and O–H groups in total. The van der Waals surface area contributed by atoms with Crippen LogP contribution in [-0.4, -0.2) is 60.9 Å². The summed E-state index contributed by atoms with van der Waals surface area (Å²) in [7, 11) is -16.4. The Hall–Kier alpha value is -0.110. The van der Waals surface area contributed by atoms with Gasteiger partial charge in [0.15, 0.2) is 6.23 Å². The fourth-order valence-corrected chi connectivity index (χ4v) is 5.02. The molecule has 1 aliphatic heterocycles. The van der Waals surface area contributed by atoms with E-state index in [-0.39, 0.29) is 11.4 Å². The average molecular weight is 472 g/mol. The number of hydrogen-bond acceptors (Lipinski definition) is 10. The van der Waals surface area contributed by atoms with Crippen LogP contribution in [0, 0.1) is 5.92 Å². The normalized spacial score (nSPS) is 30.9. The van der Waals surface area contributed by atoms with Crippen molar-refractivity contribution in [2.75, 3.05) is 6.61 Å². The summed E-state index contributed by atoms with van der Waals surface area (Å²) in [5.74, 6) is -0.540. The lowest BCUT2D eigenvalue weighted by molar-refractivity contribution is -0.0188. The maximum Gasteiger partial charge on any atom is 0.490 e. The van der Waals surface area contributed by atoms with Crippen molar-refractivity contribution in [3.8, 4) is 0 Å². The summed E-state index contributed by atoms with van der Waals surface area (Å²) >= 11 is 4.67. The Morgan fingerprint density at radius 3 is 2.33 bits per heavy atom. The van der Waals surface area contributed by atoms with Gasteiger partial charge in [0.05, 0.1) is 17.7 Å². The molecule has 0 radical (unpaired) electrons. The molecule has 0 aromatic carbocycles. The number of rotatable bonds is 10. The van der Waals surface area contributed by atoms with Gasteiger partial charge in [0.25, 0.3) is 0 Å². The number of hydrogen-bond donors (Lipinski definition) is 6. The molecule has 0 aromatic heterocycles. The minimum atomic E-state index is -5.61. The van der Waals surface area contributed by atoms with E-state index in [0.717, 1.165) is 0 Å². The smallest absolute Gasteiger partial charge is 0.393 e. The molecule has 1 saturated heterocycles. The molecule has 14 nitrogen and oxygen atoms in total. The van der Waals surface area contributed by atoms with Crippen molar-refractivity contribution in [2.45, 2.75) is 31.8 Å². The third-order valence-electron chi connectivity index (χ3n) is 3.05. The zero-order valence-corrected chi connectivity index (χ0v) is 17.2. The Balaban J connectivity index is 2.64. The molecule has 0 saturated carbocycles. The molecule has 0 spiro atoms. The van der Waals surface area contributed by atoms with Crippen LogP contribution in [0.25, 0.3) is 0 Å². The Morgan fingerprint density at radius 1 is 1.22 bits per heavy atom. The molecule has 0 amide bonds. The van der Waals surface area contributed by atoms with E-state index in [2.05, 4.69) is 30.4 Å². The average Bonchev–Trinajstić information content (AvgIpc) is 2.69. The van der Waals surface area contributed by atoms with Gasteiger partial charge in [0, 0.05) is 18.6 Å². The number of phosphoric ester groups is 1. The third-order valence-corrected chi connectivity index (χ3v) is 7.02. The van der Waals surface area contributed by atoms with Gasteiger partial charge in [0.1, 0.15) is 6.10 Å². The molecule has 18 heteroatoms.